The lowest BCUT2D eigenvalue weighted by molar-refractivity contribution is 1.04. The first-order valence-corrected chi connectivity index (χ1v) is 27.8. The molecule has 6 heteroatoms. The van der Waals surface area contributed by atoms with E-state index in [1.807, 2.05) is 18.2 Å². The Morgan fingerprint density at radius 3 is 1.07 bits per heavy atom. The first-order valence-electron chi connectivity index (χ1n) is 27.8. The van der Waals surface area contributed by atoms with Gasteiger partial charge in [-0.3, -0.25) is 0 Å². The summed E-state index contributed by atoms with van der Waals surface area (Å²) < 4.78 is 7.37. The molecule has 380 valence electrons. The van der Waals surface area contributed by atoms with Gasteiger partial charge in [0.05, 0.1) is 38.8 Å². The minimum Gasteiger partial charge on any atom is -0.309 e. The van der Waals surface area contributed by atoms with E-state index in [0.717, 1.165) is 90.7 Å². The van der Waals surface area contributed by atoms with E-state index in [0.29, 0.717) is 17.5 Å². The van der Waals surface area contributed by atoms with E-state index in [2.05, 4.69) is 275 Å². The molecular formula is C75H50N6. The Labute approximate surface area is 468 Å². The van der Waals surface area contributed by atoms with E-state index >= 15 is 0 Å². The summed E-state index contributed by atoms with van der Waals surface area (Å²) in [5.41, 5.74) is 19.5. The molecule has 0 saturated carbocycles. The smallest absolute Gasteiger partial charge is 0.164 e. The van der Waals surface area contributed by atoms with Crippen molar-refractivity contribution in [3.63, 3.8) is 0 Å². The summed E-state index contributed by atoms with van der Waals surface area (Å²) in [5, 5.41) is 7.21. The van der Waals surface area contributed by atoms with Gasteiger partial charge >= 0.3 is 0 Å². The molecule has 0 spiro atoms. The Hall–Kier alpha value is -10.7. The Morgan fingerprint density at radius 1 is 0.272 bits per heavy atom. The van der Waals surface area contributed by atoms with Crippen molar-refractivity contribution in [2.75, 3.05) is 0 Å². The fourth-order valence-corrected chi connectivity index (χ4v) is 12.6. The zero-order valence-electron chi connectivity index (χ0n) is 44.2. The molecule has 1 aliphatic rings. The lowest BCUT2D eigenvalue weighted by Crippen LogP contribution is -2.04. The van der Waals surface area contributed by atoms with Crippen LogP contribution in [0.15, 0.2) is 279 Å². The van der Waals surface area contributed by atoms with Crippen LogP contribution in [0, 0.1) is 0 Å². The third-order valence-corrected chi connectivity index (χ3v) is 16.3. The number of fused-ring (bicyclic) bond motifs is 9. The fourth-order valence-electron chi connectivity index (χ4n) is 12.6. The second kappa shape index (κ2) is 19.0. The Morgan fingerprint density at radius 2 is 0.642 bits per heavy atom. The molecule has 0 radical (unpaired) electrons. The number of nitrogens with zero attached hydrogens (tertiary/aromatic N) is 6. The van der Waals surface area contributed by atoms with Crippen molar-refractivity contribution in [3.8, 4) is 73.5 Å². The number of para-hydroxylation sites is 4. The van der Waals surface area contributed by atoms with Gasteiger partial charge in [0.1, 0.15) is 0 Å². The molecule has 0 N–H and O–H groups in total. The van der Waals surface area contributed by atoms with Gasteiger partial charge in [0, 0.05) is 71.5 Å². The lowest BCUT2D eigenvalue weighted by Gasteiger charge is -2.21. The van der Waals surface area contributed by atoms with Crippen LogP contribution in [0.3, 0.4) is 0 Å². The largest absolute Gasteiger partial charge is 0.309 e. The number of allylic oxidation sites excluding steroid dienone is 4. The van der Waals surface area contributed by atoms with Crippen LogP contribution in [0.1, 0.15) is 18.4 Å². The molecule has 15 aromatic rings. The van der Waals surface area contributed by atoms with E-state index in [1.165, 1.54) is 54.7 Å². The van der Waals surface area contributed by atoms with Crippen molar-refractivity contribution >= 4 is 71.0 Å². The maximum Gasteiger partial charge on any atom is 0.164 e. The molecule has 1 aliphatic carbocycles. The van der Waals surface area contributed by atoms with Crippen molar-refractivity contribution in [3.05, 3.63) is 285 Å². The van der Waals surface area contributed by atoms with Gasteiger partial charge in [0.25, 0.3) is 0 Å². The van der Waals surface area contributed by atoms with Crippen LogP contribution in [0.5, 0.6) is 0 Å². The highest BCUT2D eigenvalue weighted by Gasteiger charge is 2.25. The van der Waals surface area contributed by atoms with Crippen molar-refractivity contribution < 1.29 is 0 Å². The minimum absolute atomic E-state index is 0.593. The third-order valence-electron chi connectivity index (χ3n) is 16.3. The summed E-state index contributed by atoms with van der Waals surface area (Å²) in [5.74, 6) is 1.82. The highest BCUT2D eigenvalue weighted by atomic mass is 15.0. The summed E-state index contributed by atoms with van der Waals surface area (Å²) in [6.45, 7) is 0. The standard InChI is InChI=1S/C75H50N6/c1-5-21-49(22-6-1)50-37-39-54(40-38-50)74-76-73(53-27-11-4-12-28-53)77-75(78-74)55-45-62(51-23-7-2-8-24-51)72(63(46-55)52-25-9-3-10-26-52)81-70-43-41-56(79-66-33-17-13-29-58(66)59-30-14-18-34-67(59)79)47-64(70)65-48-57(42-44-71(65)81)80-68-35-19-15-31-60(68)61-32-16-20-36-69(61)80/h2-5,7-48H,1,6H2. The molecule has 0 amide bonds. The van der Waals surface area contributed by atoms with Gasteiger partial charge in [-0.2, -0.15) is 0 Å². The lowest BCUT2D eigenvalue weighted by atomic mass is 9.92. The molecule has 4 aromatic heterocycles. The number of rotatable bonds is 9. The van der Waals surface area contributed by atoms with Crippen molar-refractivity contribution in [2.45, 2.75) is 12.8 Å². The predicted octanol–water partition coefficient (Wildman–Crippen LogP) is 19.2. The van der Waals surface area contributed by atoms with E-state index < -0.39 is 0 Å². The van der Waals surface area contributed by atoms with Gasteiger partial charge in [0.2, 0.25) is 0 Å². The molecule has 0 bridgehead atoms. The summed E-state index contributed by atoms with van der Waals surface area (Å²) >= 11 is 0. The molecule has 6 nitrogen and oxygen atoms in total. The highest BCUT2D eigenvalue weighted by molar-refractivity contribution is 6.15. The first-order chi connectivity index (χ1) is 40.2. The van der Waals surface area contributed by atoms with Gasteiger partial charge in [-0.05, 0) is 108 Å². The molecule has 0 aliphatic heterocycles. The maximum absolute atomic E-state index is 5.40. The quantitative estimate of drug-likeness (QED) is 0.145. The summed E-state index contributed by atoms with van der Waals surface area (Å²) in [6, 6.07) is 94.2. The van der Waals surface area contributed by atoms with Gasteiger partial charge in [-0.25, -0.2) is 15.0 Å². The number of aromatic nitrogens is 6. The van der Waals surface area contributed by atoms with E-state index in [4.69, 9.17) is 15.0 Å². The number of hydrogen-bond donors (Lipinski definition) is 0. The van der Waals surface area contributed by atoms with Crippen LogP contribution < -0.4 is 0 Å². The van der Waals surface area contributed by atoms with Crippen LogP contribution >= 0.6 is 0 Å². The Kier molecular flexibility index (Phi) is 10.9. The molecule has 11 aromatic carbocycles. The van der Waals surface area contributed by atoms with Crippen LogP contribution in [0.2, 0.25) is 0 Å². The molecule has 4 heterocycles. The van der Waals surface area contributed by atoms with Gasteiger partial charge in [-0.15, -0.1) is 0 Å². The monoisotopic (exact) mass is 1030 g/mol. The SMILES string of the molecule is C1=CC(c2ccc(-c3nc(-c4ccccc4)nc(-c4cc(-c5ccccc5)c(-n5c6ccc(-n7c8ccccc8c8ccccc87)cc6c6cc(-n7c8ccccc8c8ccccc87)ccc65)c(-c5ccccc5)c4)n3)cc2)=CCC1. The summed E-state index contributed by atoms with van der Waals surface area (Å²) in [7, 11) is 0. The second-order valence-corrected chi connectivity index (χ2v) is 21.0. The summed E-state index contributed by atoms with van der Waals surface area (Å²) in [6.07, 6.45) is 8.91. The Bertz CT molecular complexity index is 4680. The number of benzene rings is 11. The highest BCUT2D eigenvalue weighted by Crippen LogP contribution is 2.46. The number of hydrogen-bond acceptors (Lipinski definition) is 3. The van der Waals surface area contributed by atoms with Crippen LogP contribution in [-0.2, 0) is 0 Å². The van der Waals surface area contributed by atoms with Gasteiger partial charge < -0.3 is 13.7 Å². The molecule has 0 fully saturated rings. The van der Waals surface area contributed by atoms with Gasteiger partial charge in [-0.1, -0.05) is 206 Å². The Balaban J connectivity index is 0.981. The van der Waals surface area contributed by atoms with Crippen LogP contribution in [0.25, 0.3) is 144 Å². The van der Waals surface area contributed by atoms with E-state index in [1.54, 1.807) is 0 Å². The second-order valence-electron chi connectivity index (χ2n) is 21.0. The zero-order chi connectivity index (χ0) is 53.4. The molecule has 0 unspecified atom stereocenters. The zero-order valence-corrected chi connectivity index (χ0v) is 44.2. The summed E-state index contributed by atoms with van der Waals surface area (Å²) in [4.78, 5) is 15.9. The van der Waals surface area contributed by atoms with Crippen LogP contribution in [0.4, 0.5) is 0 Å². The van der Waals surface area contributed by atoms with Crippen molar-refractivity contribution in [2.24, 2.45) is 0 Å². The topological polar surface area (TPSA) is 53.5 Å². The maximum atomic E-state index is 5.40. The van der Waals surface area contributed by atoms with E-state index in [9.17, 15) is 0 Å². The van der Waals surface area contributed by atoms with Crippen molar-refractivity contribution in [1.82, 2.24) is 28.7 Å². The molecule has 81 heavy (non-hydrogen) atoms. The molecular weight excluding hydrogens is 985 g/mol. The average Bonchev–Trinajstić information content (AvgIpc) is 4.23. The average molecular weight is 1040 g/mol. The molecule has 0 saturated heterocycles. The molecule has 0 atom stereocenters. The van der Waals surface area contributed by atoms with Crippen LogP contribution in [-0.4, -0.2) is 28.7 Å². The van der Waals surface area contributed by atoms with E-state index in [-0.39, 0.29) is 0 Å². The first kappa shape index (κ1) is 46.4. The third kappa shape index (κ3) is 7.75. The van der Waals surface area contributed by atoms with Crippen molar-refractivity contribution in [1.29, 1.82) is 0 Å². The molecule has 16 rings (SSSR count). The minimum atomic E-state index is 0.593. The normalized spacial score (nSPS) is 12.6. The van der Waals surface area contributed by atoms with Gasteiger partial charge in [0.15, 0.2) is 17.5 Å². The predicted molar refractivity (Wildman–Crippen MR) is 336 cm³/mol. The fraction of sp³-hybridized carbons (Fsp3) is 0.0267.